The van der Waals surface area contributed by atoms with Gasteiger partial charge in [0.05, 0.1) is 18.4 Å². The van der Waals surface area contributed by atoms with E-state index in [1.807, 2.05) is 13.0 Å². The molecule has 1 N–H and O–H groups in total. The molecule has 27 heavy (non-hydrogen) atoms. The molecule has 0 saturated carbocycles. The SMILES string of the molecule is COc1cc(Cl)c(C)cc1NC(=O)CCSc1nc(C(C)C)ccc1C#N. The number of nitrogens with one attached hydrogen (secondary N) is 1. The fraction of sp³-hybridized carbons (Fsp3) is 0.350. The predicted octanol–water partition coefficient (Wildman–Crippen LogP) is 5.17. The van der Waals surface area contributed by atoms with Crippen molar-refractivity contribution in [3.63, 3.8) is 0 Å². The Morgan fingerprint density at radius 1 is 1.41 bits per heavy atom. The van der Waals surface area contributed by atoms with Gasteiger partial charge in [0.1, 0.15) is 16.8 Å². The number of anilines is 1. The molecule has 142 valence electrons. The number of carbonyl (C=O) groups excluding carboxylic acids is 1. The number of amides is 1. The van der Waals surface area contributed by atoms with Crippen molar-refractivity contribution in [2.45, 2.75) is 38.1 Å². The number of ether oxygens (including phenoxy) is 1. The lowest BCUT2D eigenvalue weighted by molar-refractivity contribution is -0.115. The molecule has 2 aromatic rings. The van der Waals surface area contributed by atoms with Crippen LogP contribution in [-0.4, -0.2) is 23.8 Å². The van der Waals surface area contributed by atoms with Crippen LogP contribution in [-0.2, 0) is 4.79 Å². The minimum Gasteiger partial charge on any atom is -0.495 e. The van der Waals surface area contributed by atoms with E-state index in [1.54, 1.807) is 18.2 Å². The highest BCUT2D eigenvalue weighted by Crippen LogP contribution is 2.31. The van der Waals surface area contributed by atoms with Crippen LogP contribution in [0.25, 0.3) is 0 Å². The van der Waals surface area contributed by atoms with Gasteiger partial charge in [0, 0.05) is 29.0 Å². The molecule has 7 heteroatoms. The summed E-state index contributed by atoms with van der Waals surface area (Å²) in [6.07, 6.45) is 0.286. The summed E-state index contributed by atoms with van der Waals surface area (Å²) in [5, 5.41) is 13.3. The summed E-state index contributed by atoms with van der Waals surface area (Å²) in [5.41, 5.74) is 2.91. The quantitative estimate of drug-likeness (QED) is 0.645. The summed E-state index contributed by atoms with van der Waals surface area (Å²) < 4.78 is 5.27. The standard InChI is InChI=1S/C20H22ClN3O2S/c1-12(2)16-6-5-14(11-22)20(24-16)27-8-7-19(25)23-17-9-13(3)15(21)10-18(17)26-4/h5-6,9-10,12H,7-8H2,1-4H3,(H,23,25). The molecule has 1 aromatic carbocycles. The van der Waals surface area contributed by atoms with Gasteiger partial charge in [-0.05, 0) is 36.6 Å². The molecule has 2 rings (SSSR count). The molecular weight excluding hydrogens is 382 g/mol. The lowest BCUT2D eigenvalue weighted by Gasteiger charge is -2.12. The Kier molecular flexibility index (Phi) is 7.52. The molecule has 0 aliphatic heterocycles. The van der Waals surface area contributed by atoms with E-state index < -0.39 is 0 Å². The Morgan fingerprint density at radius 2 is 2.15 bits per heavy atom. The maximum absolute atomic E-state index is 12.3. The van der Waals surface area contributed by atoms with Crippen LogP contribution in [0.4, 0.5) is 5.69 Å². The first-order valence-corrected chi connectivity index (χ1v) is 9.89. The fourth-order valence-corrected chi connectivity index (χ4v) is 3.43. The molecule has 1 heterocycles. The van der Waals surface area contributed by atoms with E-state index in [2.05, 4.69) is 30.2 Å². The van der Waals surface area contributed by atoms with Crippen molar-refractivity contribution in [2.24, 2.45) is 0 Å². The highest BCUT2D eigenvalue weighted by atomic mass is 35.5. The third kappa shape index (κ3) is 5.62. The molecule has 0 radical (unpaired) electrons. The number of rotatable bonds is 7. The van der Waals surface area contributed by atoms with Crippen LogP contribution in [0.5, 0.6) is 5.75 Å². The van der Waals surface area contributed by atoms with Crippen molar-refractivity contribution in [1.82, 2.24) is 4.98 Å². The van der Waals surface area contributed by atoms with Gasteiger partial charge < -0.3 is 10.1 Å². The molecule has 0 fully saturated rings. The van der Waals surface area contributed by atoms with Crippen LogP contribution < -0.4 is 10.1 Å². The first kappa shape index (κ1) is 21.1. The van der Waals surface area contributed by atoms with Crippen molar-refractivity contribution < 1.29 is 9.53 Å². The monoisotopic (exact) mass is 403 g/mol. The topological polar surface area (TPSA) is 75.0 Å². The highest BCUT2D eigenvalue weighted by molar-refractivity contribution is 7.99. The molecule has 0 unspecified atom stereocenters. The van der Waals surface area contributed by atoms with E-state index in [4.69, 9.17) is 16.3 Å². The number of thioether (sulfide) groups is 1. The van der Waals surface area contributed by atoms with Gasteiger partial charge in [-0.1, -0.05) is 25.4 Å². The Morgan fingerprint density at radius 3 is 2.78 bits per heavy atom. The zero-order valence-corrected chi connectivity index (χ0v) is 17.4. The van der Waals surface area contributed by atoms with E-state index in [1.165, 1.54) is 18.9 Å². The van der Waals surface area contributed by atoms with Gasteiger partial charge >= 0.3 is 0 Å². The molecule has 0 aliphatic carbocycles. The van der Waals surface area contributed by atoms with E-state index in [9.17, 15) is 10.1 Å². The lowest BCUT2D eigenvalue weighted by atomic mass is 10.1. The molecule has 0 bridgehead atoms. The van der Waals surface area contributed by atoms with E-state index in [0.717, 1.165) is 11.3 Å². The largest absolute Gasteiger partial charge is 0.495 e. The van der Waals surface area contributed by atoms with Crippen LogP contribution >= 0.6 is 23.4 Å². The van der Waals surface area contributed by atoms with E-state index in [0.29, 0.717) is 32.8 Å². The van der Waals surface area contributed by atoms with Gasteiger partial charge in [-0.25, -0.2) is 4.98 Å². The Labute approximate surface area is 169 Å². The van der Waals surface area contributed by atoms with Crippen molar-refractivity contribution in [2.75, 3.05) is 18.2 Å². The van der Waals surface area contributed by atoms with Crippen LogP contribution in [0.2, 0.25) is 5.02 Å². The van der Waals surface area contributed by atoms with Crippen LogP contribution in [0.1, 0.15) is 43.0 Å². The number of hydrogen-bond donors (Lipinski definition) is 1. The summed E-state index contributed by atoms with van der Waals surface area (Å²) in [4.78, 5) is 16.8. The number of pyridine rings is 1. The second-order valence-electron chi connectivity index (χ2n) is 6.30. The summed E-state index contributed by atoms with van der Waals surface area (Å²) in [7, 11) is 1.53. The molecule has 1 aromatic heterocycles. The molecule has 0 atom stereocenters. The normalized spacial score (nSPS) is 10.6. The van der Waals surface area contributed by atoms with Crippen molar-refractivity contribution in [3.05, 3.63) is 46.1 Å². The zero-order chi connectivity index (χ0) is 20.0. The van der Waals surface area contributed by atoms with Gasteiger partial charge in [-0.2, -0.15) is 5.26 Å². The maximum Gasteiger partial charge on any atom is 0.225 e. The van der Waals surface area contributed by atoms with Crippen molar-refractivity contribution in [3.8, 4) is 11.8 Å². The third-order valence-electron chi connectivity index (χ3n) is 3.92. The van der Waals surface area contributed by atoms with E-state index >= 15 is 0 Å². The second kappa shape index (κ2) is 9.63. The van der Waals surface area contributed by atoms with Crippen LogP contribution in [0.3, 0.4) is 0 Å². The third-order valence-corrected chi connectivity index (χ3v) is 5.32. The highest BCUT2D eigenvalue weighted by Gasteiger charge is 2.12. The zero-order valence-electron chi connectivity index (χ0n) is 15.8. The smallest absolute Gasteiger partial charge is 0.225 e. The molecule has 0 saturated heterocycles. The molecule has 0 aliphatic rings. The number of nitriles is 1. The van der Waals surface area contributed by atoms with E-state index in [-0.39, 0.29) is 18.2 Å². The van der Waals surface area contributed by atoms with Crippen molar-refractivity contribution in [1.29, 1.82) is 5.26 Å². The Hall–Kier alpha value is -2.23. The Bertz CT molecular complexity index is 878. The molecule has 1 amide bonds. The first-order chi connectivity index (χ1) is 12.8. The fourth-order valence-electron chi connectivity index (χ4n) is 2.35. The van der Waals surface area contributed by atoms with Crippen molar-refractivity contribution >= 4 is 35.0 Å². The molecule has 5 nitrogen and oxygen atoms in total. The number of nitrogens with zero attached hydrogens (tertiary/aromatic N) is 2. The number of hydrogen-bond acceptors (Lipinski definition) is 5. The summed E-state index contributed by atoms with van der Waals surface area (Å²) in [6.45, 7) is 5.97. The second-order valence-corrected chi connectivity index (χ2v) is 7.79. The molecular formula is C20H22ClN3O2S. The van der Waals surface area contributed by atoms with Crippen LogP contribution in [0.15, 0.2) is 29.3 Å². The summed E-state index contributed by atoms with van der Waals surface area (Å²) in [5.74, 6) is 1.18. The minimum absolute atomic E-state index is 0.138. The van der Waals surface area contributed by atoms with Gasteiger partial charge in [-0.3, -0.25) is 4.79 Å². The first-order valence-electron chi connectivity index (χ1n) is 8.53. The average molecular weight is 404 g/mol. The van der Waals surface area contributed by atoms with Crippen LogP contribution in [0, 0.1) is 18.3 Å². The molecule has 0 spiro atoms. The minimum atomic E-state index is -0.138. The lowest BCUT2D eigenvalue weighted by Crippen LogP contribution is -2.13. The number of benzene rings is 1. The van der Waals surface area contributed by atoms with Gasteiger partial charge in [0.2, 0.25) is 5.91 Å². The van der Waals surface area contributed by atoms with Gasteiger partial charge in [0.15, 0.2) is 0 Å². The number of carbonyl (C=O) groups is 1. The number of halogens is 1. The number of aromatic nitrogens is 1. The number of aryl methyl sites for hydroxylation is 1. The summed E-state index contributed by atoms with van der Waals surface area (Å²) >= 11 is 7.50. The summed E-state index contributed by atoms with van der Waals surface area (Å²) in [6, 6.07) is 9.28. The maximum atomic E-state index is 12.3. The van der Waals surface area contributed by atoms with Gasteiger partial charge in [-0.15, -0.1) is 11.8 Å². The van der Waals surface area contributed by atoms with Gasteiger partial charge in [0.25, 0.3) is 0 Å². The Balaban J connectivity index is 2.00. The average Bonchev–Trinajstić information content (AvgIpc) is 2.64. The predicted molar refractivity (Wildman–Crippen MR) is 110 cm³/mol. The number of methoxy groups -OCH3 is 1.